The van der Waals surface area contributed by atoms with Crippen molar-refractivity contribution < 1.29 is 9.21 Å². The van der Waals surface area contributed by atoms with Crippen LogP contribution in [0, 0.1) is 13.8 Å². The highest BCUT2D eigenvalue weighted by Gasteiger charge is 2.11. The normalized spacial score (nSPS) is 10.9. The van der Waals surface area contributed by atoms with Crippen molar-refractivity contribution in [2.75, 3.05) is 24.6 Å². The van der Waals surface area contributed by atoms with Gasteiger partial charge in [-0.3, -0.25) is 9.69 Å². The molecule has 3 N–H and O–H groups in total. The van der Waals surface area contributed by atoms with Gasteiger partial charge in [0.25, 0.3) is 0 Å². The number of nitrogen functional groups attached to an aromatic ring is 1. The Hall–Kier alpha value is -2.27. The van der Waals surface area contributed by atoms with Crippen LogP contribution in [0.25, 0.3) is 0 Å². The minimum absolute atomic E-state index is 0.0956. The number of carbonyl (C=O) groups is 1. The van der Waals surface area contributed by atoms with Gasteiger partial charge in [-0.15, -0.1) is 0 Å². The highest BCUT2D eigenvalue weighted by Crippen LogP contribution is 2.22. The summed E-state index contributed by atoms with van der Waals surface area (Å²) >= 11 is 0. The third kappa shape index (κ3) is 4.10. The van der Waals surface area contributed by atoms with Crippen molar-refractivity contribution in [3.63, 3.8) is 0 Å². The van der Waals surface area contributed by atoms with Crippen LogP contribution in [-0.2, 0) is 11.3 Å². The van der Waals surface area contributed by atoms with Gasteiger partial charge in [-0.1, -0.05) is 12.1 Å². The maximum Gasteiger partial charge on any atom is 0.238 e. The molecule has 2 aromatic rings. The van der Waals surface area contributed by atoms with Crippen molar-refractivity contribution in [1.29, 1.82) is 0 Å². The first-order valence-corrected chi connectivity index (χ1v) is 6.84. The number of nitrogens with two attached hydrogens (primary N) is 1. The van der Waals surface area contributed by atoms with Crippen LogP contribution in [0.15, 0.2) is 34.7 Å². The lowest BCUT2D eigenvalue weighted by molar-refractivity contribution is -0.117. The van der Waals surface area contributed by atoms with Crippen LogP contribution in [0.3, 0.4) is 0 Å². The first-order valence-electron chi connectivity index (χ1n) is 6.84. The molecule has 0 radical (unpaired) electrons. The highest BCUT2D eigenvalue weighted by atomic mass is 16.3. The van der Waals surface area contributed by atoms with Gasteiger partial charge < -0.3 is 15.5 Å². The van der Waals surface area contributed by atoms with E-state index in [0.29, 0.717) is 17.9 Å². The summed E-state index contributed by atoms with van der Waals surface area (Å²) in [6, 6.07) is 9.39. The summed E-state index contributed by atoms with van der Waals surface area (Å²) in [7, 11) is 1.87. The number of nitrogens with zero attached hydrogens (tertiary/aromatic N) is 1. The molecule has 0 aliphatic rings. The minimum atomic E-state index is -0.0956. The Morgan fingerprint density at radius 3 is 2.67 bits per heavy atom. The van der Waals surface area contributed by atoms with Crippen LogP contribution in [0.2, 0.25) is 0 Å². The average Bonchev–Trinajstić information content (AvgIpc) is 2.79. The summed E-state index contributed by atoms with van der Waals surface area (Å²) in [6.07, 6.45) is 0. The van der Waals surface area contributed by atoms with E-state index in [4.69, 9.17) is 10.2 Å². The van der Waals surface area contributed by atoms with Crippen LogP contribution in [-0.4, -0.2) is 24.4 Å². The zero-order chi connectivity index (χ0) is 15.4. The average molecular weight is 287 g/mol. The van der Waals surface area contributed by atoms with Gasteiger partial charge in [-0.25, -0.2) is 0 Å². The summed E-state index contributed by atoms with van der Waals surface area (Å²) < 4.78 is 5.50. The Morgan fingerprint density at radius 1 is 1.29 bits per heavy atom. The van der Waals surface area contributed by atoms with Gasteiger partial charge in [0.1, 0.15) is 11.5 Å². The Bertz CT molecular complexity index is 614. The van der Waals surface area contributed by atoms with Gasteiger partial charge in [0, 0.05) is 0 Å². The van der Waals surface area contributed by atoms with Crippen molar-refractivity contribution in [3.8, 4) is 0 Å². The topological polar surface area (TPSA) is 71.5 Å². The number of rotatable bonds is 5. The molecule has 1 aromatic carbocycles. The second-order valence-corrected chi connectivity index (χ2v) is 5.27. The van der Waals surface area contributed by atoms with Crippen molar-refractivity contribution in [1.82, 2.24) is 4.90 Å². The summed E-state index contributed by atoms with van der Waals surface area (Å²) in [5.41, 5.74) is 8.10. The van der Waals surface area contributed by atoms with Gasteiger partial charge in [-0.05, 0) is 44.7 Å². The number of nitrogens with one attached hydrogen (secondary N) is 1. The molecule has 5 heteroatoms. The van der Waals surface area contributed by atoms with E-state index in [0.717, 1.165) is 17.1 Å². The molecule has 1 amide bonds. The molecule has 112 valence electrons. The molecule has 0 unspecified atom stereocenters. The molecule has 0 aliphatic carbocycles. The molecule has 1 heterocycles. The summed E-state index contributed by atoms with van der Waals surface area (Å²) in [4.78, 5) is 14.0. The SMILES string of the molecule is Cc1ccc(CN(C)CC(=O)Nc2c(C)cccc2N)o1. The van der Waals surface area contributed by atoms with Crippen LogP contribution in [0.1, 0.15) is 17.1 Å². The highest BCUT2D eigenvalue weighted by molar-refractivity contribution is 5.96. The zero-order valence-corrected chi connectivity index (χ0v) is 12.6. The van der Waals surface area contributed by atoms with E-state index < -0.39 is 0 Å². The molecule has 21 heavy (non-hydrogen) atoms. The number of amides is 1. The lowest BCUT2D eigenvalue weighted by atomic mass is 10.1. The number of likely N-dealkylation sites (N-methyl/N-ethyl adjacent to an activating group) is 1. The number of benzene rings is 1. The molecule has 0 saturated heterocycles. The molecule has 0 fully saturated rings. The fraction of sp³-hybridized carbons (Fsp3) is 0.312. The summed E-state index contributed by atoms with van der Waals surface area (Å²) in [5.74, 6) is 1.62. The molecule has 0 saturated carbocycles. The van der Waals surface area contributed by atoms with Crippen LogP contribution < -0.4 is 11.1 Å². The molecule has 5 nitrogen and oxygen atoms in total. The van der Waals surface area contributed by atoms with Gasteiger partial charge >= 0.3 is 0 Å². The lowest BCUT2D eigenvalue weighted by Crippen LogP contribution is -2.30. The van der Waals surface area contributed by atoms with Crippen LogP contribution in [0.5, 0.6) is 0 Å². The number of carbonyl (C=O) groups excluding carboxylic acids is 1. The summed E-state index contributed by atoms with van der Waals surface area (Å²) in [5, 5.41) is 2.86. The van der Waals surface area contributed by atoms with Crippen molar-refractivity contribution in [2.45, 2.75) is 20.4 Å². The van der Waals surface area contributed by atoms with E-state index in [2.05, 4.69) is 5.32 Å². The molecular formula is C16H21N3O2. The zero-order valence-electron chi connectivity index (χ0n) is 12.6. The largest absolute Gasteiger partial charge is 0.465 e. The van der Waals surface area contributed by atoms with E-state index in [1.165, 1.54) is 0 Å². The second kappa shape index (κ2) is 6.45. The molecule has 0 bridgehead atoms. The number of aryl methyl sites for hydroxylation is 2. The molecule has 0 aliphatic heterocycles. The van der Waals surface area contributed by atoms with Gasteiger partial charge in [0.15, 0.2) is 0 Å². The molecule has 1 aromatic heterocycles. The predicted molar refractivity (Wildman–Crippen MR) is 84.0 cm³/mol. The number of hydrogen-bond donors (Lipinski definition) is 2. The van der Waals surface area contributed by atoms with E-state index >= 15 is 0 Å². The third-order valence-electron chi connectivity index (χ3n) is 3.20. The van der Waals surface area contributed by atoms with Crippen molar-refractivity contribution >= 4 is 17.3 Å². The monoisotopic (exact) mass is 287 g/mol. The van der Waals surface area contributed by atoms with Gasteiger partial charge in [-0.2, -0.15) is 0 Å². The van der Waals surface area contributed by atoms with E-state index in [1.54, 1.807) is 6.07 Å². The summed E-state index contributed by atoms with van der Waals surface area (Å²) in [6.45, 7) is 4.68. The lowest BCUT2D eigenvalue weighted by Gasteiger charge is -2.16. The van der Waals surface area contributed by atoms with Gasteiger partial charge in [0.05, 0.1) is 24.5 Å². The van der Waals surface area contributed by atoms with Gasteiger partial charge in [0.2, 0.25) is 5.91 Å². The second-order valence-electron chi connectivity index (χ2n) is 5.27. The van der Waals surface area contributed by atoms with Crippen molar-refractivity contribution in [2.24, 2.45) is 0 Å². The maximum absolute atomic E-state index is 12.1. The maximum atomic E-state index is 12.1. The molecule has 0 spiro atoms. The van der Waals surface area contributed by atoms with E-state index in [1.807, 2.05) is 50.1 Å². The van der Waals surface area contributed by atoms with E-state index in [-0.39, 0.29) is 12.5 Å². The smallest absolute Gasteiger partial charge is 0.238 e. The molecular weight excluding hydrogens is 266 g/mol. The number of para-hydroxylation sites is 1. The quantitative estimate of drug-likeness (QED) is 0.829. The van der Waals surface area contributed by atoms with Crippen LogP contribution >= 0.6 is 0 Å². The minimum Gasteiger partial charge on any atom is -0.465 e. The Labute approximate surface area is 124 Å². The standard InChI is InChI=1S/C16H21N3O2/c1-11-5-4-6-14(17)16(11)18-15(20)10-19(3)9-13-8-7-12(2)21-13/h4-8H,9-10,17H2,1-3H3,(H,18,20). The number of hydrogen-bond acceptors (Lipinski definition) is 4. The number of furan rings is 1. The molecule has 2 rings (SSSR count). The fourth-order valence-electron chi connectivity index (χ4n) is 2.18. The Balaban J connectivity index is 1.92. The first-order chi connectivity index (χ1) is 9.95. The number of anilines is 2. The third-order valence-corrected chi connectivity index (χ3v) is 3.20. The van der Waals surface area contributed by atoms with Crippen LogP contribution in [0.4, 0.5) is 11.4 Å². The Morgan fingerprint density at radius 2 is 2.05 bits per heavy atom. The van der Waals surface area contributed by atoms with E-state index in [9.17, 15) is 4.79 Å². The fourth-order valence-corrected chi connectivity index (χ4v) is 2.18. The van der Waals surface area contributed by atoms with Crippen molar-refractivity contribution in [3.05, 3.63) is 47.4 Å². The molecule has 0 atom stereocenters. The predicted octanol–water partition coefficient (Wildman–Crippen LogP) is 2.55. The first kappa shape index (κ1) is 15.1. The Kier molecular flexibility index (Phi) is 4.65.